The lowest BCUT2D eigenvalue weighted by molar-refractivity contribution is 0.331. The van der Waals surface area contributed by atoms with Gasteiger partial charge in [-0.2, -0.15) is 0 Å². The van der Waals surface area contributed by atoms with Crippen molar-refractivity contribution in [2.24, 2.45) is 11.1 Å². The van der Waals surface area contributed by atoms with Crippen LogP contribution in [0.15, 0.2) is 18.3 Å². The van der Waals surface area contributed by atoms with Crippen LogP contribution in [-0.4, -0.2) is 21.1 Å². The number of nitrogens with zero attached hydrogens (tertiary/aromatic N) is 3. The molecule has 0 spiro atoms. The molecular formula is C16H26N4. The van der Waals surface area contributed by atoms with Crippen LogP contribution in [0.2, 0.25) is 0 Å². The van der Waals surface area contributed by atoms with Gasteiger partial charge in [0.1, 0.15) is 11.3 Å². The molecule has 0 saturated carbocycles. The van der Waals surface area contributed by atoms with E-state index >= 15 is 0 Å². The fourth-order valence-corrected chi connectivity index (χ4v) is 2.75. The Morgan fingerprint density at radius 3 is 2.70 bits per heavy atom. The highest BCUT2D eigenvalue weighted by Gasteiger charge is 2.24. The van der Waals surface area contributed by atoms with Crippen molar-refractivity contribution in [1.29, 1.82) is 0 Å². The molecule has 4 heteroatoms. The van der Waals surface area contributed by atoms with E-state index in [1.54, 1.807) is 0 Å². The summed E-state index contributed by atoms with van der Waals surface area (Å²) in [5.74, 6) is 1.38. The molecule has 2 aromatic heterocycles. The van der Waals surface area contributed by atoms with E-state index < -0.39 is 0 Å². The number of hydrogen-bond donors (Lipinski definition) is 1. The first-order valence-electron chi connectivity index (χ1n) is 7.47. The van der Waals surface area contributed by atoms with Gasteiger partial charge in [-0.1, -0.05) is 27.7 Å². The zero-order chi connectivity index (χ0) is 14.8. The average molecular weight is 274 g/mol. The van der Waals surface area contributed by atoms with Gasteiger partial charge in [0.25, 0.3) is 0 Å². The fraction of sp³-hybridized carbons (Fsp3) is 0.625. The van der Waals surface area contributed by atoms with Crippen LogP contribution in [-0.2, 0) is 6.54 Å². The molecule has 0 aliphatic carbocycles. The summed E-state index contributed by atoms with van der Waals surface area (Å²) in [6.45, 7) is 10.5. The number of hydrogen-bond acceptors (Lipinski definition) is 3. The van der Waals surface area contributed by atoms with E-state index in [0.29, 0.717) is 6.54 Å². The predicted octanol–water partition coefficient (Wildman–Crippen LogP) is 3.32. The third-order valence-electron chi connectivity index (χ3n) is 3.49. The quantitative estimate of drug-likeness (QED) is 0.910. The van der Waals surface area contributed by atoms with Crippen LogP contribution in [0.1, 0.15) is 52.3 Å². The number of aromatic nitrogens is 3. The Balaban J connectivity index is 2.48. The fourth-order valence-electron chi connectivity index (χ4n) is 2.75. The van der Waals surface area contributed by atoms with Crippen LogP contribution in [0.4, 0.5) is 0 Å². The minimum atomic E-state index is 0.243. The van der Waals surface area contributed by atoms with Gasteiger partial charge in [-0.25, -0.2) is 9.97 Å². The number of imidazole rings is 1. The molecule has 2 aromatic rings. The maximum Gasteiger partial charge on any atom is 0.159 e. The van der Waals surface area contributed by atoms with Gasteiger partial charge in [0.2, 0.25) is 0 Å². The Bertz CT molecular complexity index is 565. The molecule has 4 nitrogen and oxygen atoms in total. The van der Waals surface area contributed by atoms with Crippen molar-refractivity contribution in [2.75, 3.05) is 6.54 Å². The lowest BCUT2D eigenvalue weighted by Gasteiger charge is -2.25. The highest BCUT2D eigenvalue weighted by molar-refractivity contribution is 5.71. The Hall–Kier alpha value is -1.42. The smallest absolute Gasteiger partial charge is 0.159 e. The second-order valence-electron chi connectivity index (χ2n) is 6.67. The number of aryl methyl sites for hydroxylation is 1. The monoisotopic (exact) mass is 274 g/mol. The van der Waals surface area contributed by atoms with E-state index in [-0.39, 0.29) is 11.3 Å². The second-order valence-corrected chi connectivity index (χ2v) is 6.67. The Morgan fingerprint density at radius 1 is 1.35 bits per heavy atom. The molecule has 0 aliphatic rings. The Morgan fingerprint density at radius 2 is 2.10 bits per heavy atom. The number of rotatable bonds is 5. The topological polar surface area (TPSA) is 56.7 Å². The first-order chi connectivity index (χ1) is 9.46. The van der Waals surface area contributed by atoms with Crippen molar-refractivity contribution in [2.45, 2.75) is 53.0 Å². The summed E-state index contributed by atoms with van der Waals surface area (Å²) >= 11 is 0. The van der Waals surface area contributed by atoms with Crippen molar-refractivity contribution in [3.63, 3.8) is 0 Å². The second kappa shape index (κ2) is 5.92. The van der Waals surface area contributed by atoms with Crippen molar-refractivity contribution in [3.8, 4) is 0 Å². The first-order valence-corrected chi connectivity index (χ1v) is 7.47. The van der Waals surface area contributed by atoms with Gasteiger partial charge in [-0.3, -0.25) is 0 Å². The number of nitrogens with two attached hydrogens (primary N) is 1. The van der Waals surface area contributed by atoms with Gasteiger partial charge < -0.3 is 10.3 Å². The van der Waals surface area contributed by atoms with Crippen LogP contribution in [0, 0.1) is 5.41 Å². The zero-order valence-electron chi connectivity index (χ0n) is 13.1. The van der Waals surface area contributed by atoms with E-state index in [4.69, 9.17) is 10.7 Å². The Kier molecular flexibility index (Phi) is 4.43. The normalized spacial score (nSPS) is 13.8. The summed E-state index contributed by atoms with van der Waals surface area (Å²) in [4.78, 5) is 9.30. The first kappa shape index (κ1) is 15.0. The van der Waals surface area contributed by atoms with E-state index in [2.05, 4.69) is 37.2 Å². The van der Waals surface area contributed by atoms with Gasteiger partial charge in [0, 0.05) is 25.2 Å². The van der Waals surface area contributed by atoms with Gasteiger partial charge in [-0.05, 0) is 30.4 Å². The molecule has 20 heavy (non-hydrogen) atoms. The van der Waals surface area contributed by atoms with Gasteiger partial charge >= 0.3 is 0 Å². The third kappa shape index (κ3) is 3.18. The van der Waals surface area contributed by atoms with Crippen LogP contribution < -0.4 is 5.73 Å². The van der Waals surface area contributed by atoms with E-state index in [9.17, 15) is 0 Å². The molecule has 0 radical (unpaired) electrons. The minimum absolute atomic E-state index is 0.243. The standard InChI is InChI=1S/C16H26N4/c1-5-9-20-14(12(11-17)10-16(2,3)4)19-13-7-6-8-18-15(13)20/h6-8,12H,5,9-11,17H2,1-4H3. The highest BCUT2D eigenvalue weighted by atomic mass is 15.1. The van der Waals surface area contributed by atoms with Crippen molar-refractivity contribution < 1.29 is 0 Å². The largest absolute Gasteiger partial charge is 0.330 e. The molecule has 0 bridgehead atoms. The zero-order valence-corrected chi connectivity index (χ0v) is 13.1. The minimum Gasteiger partial charge on any atom is -0.330 e. The molecular weight excluding hydrogens is 248 g/mol. The van der Waals surface area contributed by atoms with Crippen LogP contribution >= 0.6 is 0 Å². The van der Waals surface area contributed by atoms with Gasteiger partial charge in [0.05, 0.1) is 0 Å². The summed E-state index contributed by atoms with van der Waals surface area (Å²) in [7, 11) is 0. The molecule has 110 valence electrons. The van der Waals surface area contributed by atoms with E-state index in [1.165, 1.54) is 0 Å². The van der Waals surface area contributed by atoms with Gasteiger partial charge in [0.15, 0.2) is 5.65 Å². The molecule has 0 fully saturated rings. The summed E-state index contributed by atoms with van der Waals surface area (Å²) in [5, 5.41) is 0. The van der Waals surface area contributed by atoms with E-state index in [1.807, 2.05) is 18.3 Å². The molecule has 1 unspecified atom stereocenters. The molecule has 2 heterocycles. The van der Waals surface area contributed by atoms with Crippen LogP contribution in [0.5, 0.6) is 0 Å². The van der Waals surface area contributed by atoms with Crippen molar-refractivity contribution in [3.05, 3.63) is 24.2 Å². The maximum absolute atomic E-state index is 6.03. The molecule has 1 atom stereocenters. The maximum atomic E-state index is 6.03. The van der Waals surface area contributed by atoms with Crippen molar-refractivity contribution in [1.82, 2.24) is 14.5 Å². The highest BCUT2D eigenvalue weighted by Crippen LogP contribution is 2.31. The molecule has 2 N–H and O–H groups in total. The third-order valence-corrected chi connectivity index (χ3v) is 3.49. The summed E-state index contributed by atoms with van der Waals surface area (Å²) < 4.78 is 2.25. The van der Waals surface area contributed by atoms with E-state index in [0.717, 1.165) is 36.4 Å². The molecule has 0 aliphatic heterocycles. The van der Waals surface area contributed by atoms with Crippen LogP contribution in [0.25, 0.3) is 11.2 Å². The summed E-state index contributed by atoms with van der Waals surface area (Å²) in [6, 6.07) is 3.97. The Labute approximate surface area is 121 Å². The SMILES string of the molecule is CCCn1c(C(CN)CC(C)(C)C)nc2cccnc21. The number of pyridine rings is 1. The molecule has 0 saturated heterocycles. The summed E-state index contributed by atoms with van der Waals surface area (Å²) in [6.07, 6.45) is 3.94. The van der Waals surface area contributed by atoms with Gasteiger partial charge in [-0.15, -0.1) is 0 Å². The molecule has 2 rings (SSSR count). The summed E-state index contributed by atoms with van der Waals surface area (Å²) in [5.41, 5.74) is 8.23. The lowest BCUT2D eigenvalue weighted by Crippen LogP contribution is -2.22. The number of fused-ring (bicyclic) bond motifs is 1. The molecule has 0 amide bonds. The average Bonchev–Trinajstić information content (AvgIpc) is 2.75. The molecule has 0 aromatic carbocycles. The van der Waals surface area contributed by atoms with Crippen LogP contribution in [0.3, 0.4) is 0 Å². The van der Waals surface area contributed by atoms with Crippen molar-refractivity contribution >= 4 is 11.2 Å². The predicted molar refractivity (Wildman–Crippen MR) is 83.7 cm³/mol. The lowest BCUT2D eigenvalue weighted by atomic mass is 9.84.